The minimum Gasteiger partial charge on any atom is -0.454 e. The molecule has 1 saturated heterocycles. The highest BCUT2D eigenvalue weighted by atomic mass is 19.4. The molecule has 0 amide bonds. The van der Waals surface area contributed by atoms with Gasteiger partial charge in [-0.3, -0.25) is 0 Å². The fraction of sp³-hybridized carbons (Fsp3) is 0.286. The average Bonchev–Trinajstić information content (AvgIpc) is 2.38. The highest BCUT2D eigenvalue weighted by molar-refractivity contribution is 5.33. The Hall–Kier alpha value is -2.15. The Labute approximate surface area is 119 Å². The van der Waals surface area contributed by atoms with Gasteiger partial charge in [0.2, 0.25) is 0 Å². The SMILES string of the molecule is FC(F)(F)c1cccc(Oc2cnc(C3CNC3)nc2)c1. The van der Waals surface area contributed by atoms with Crippen molar-refractivity contribution >= 4 is 0 Å². The number of rotatable bonds is 3. The van der Waals surface area contributed by atoms with E-state index in [0.717, 1.165) is 25.2 Å². The third-order valence-corrected chi connectivity index (χ3v) is 3.19. The molecule has 21 heavy (non-hydrogen) atoms. The van der Waals surface area contributed by atoms with Crippen molar-refractivity contribution in [3.8, 4) is 11.5 Å². The van der Waals surface area contributed by atoms with Crippen molar-refractivity contribution < 1.29 is 17.9 Å². The Morgan fingerprint density at radius 1 is 1.10 bits per heavy atom. The molecule has 1 fully saturated rings. The highest BCUT2D eigenvalue weighted by Gasteiger charge is 2.30. The Bertz CT molecular complexity index is 624. The van der Waals surface area contributed by atoms with E-state index in [9.17, 15) is 13.2 Å². The Kier molecular flexibility index (Phi) is 3.50. The molecule has 0 radical (unpaired) electrons. The molecule has 1 aromatic heterocycles. The van der Waals surface area contributed by atoms with Crippen molar-refractivity contribution in [1.29, 1.82) is 0 Å². The zero-order valence-electron chi connectivity index (χ0n) is 10.9. The lowest BCUT2D eigenvalue weighted by atomic mass is 10.0. The molecule has 1 N–H and O–H groups in total. The molecule has 1 aliphatic rings. The van der Waals surface area contributed by atoms with Crippen molar-refractivity contribution in [3.63, 3.8) is 0 Å². The first-order chi connectivity index (χ1) is 10.0. The summed E-state index contributed by atoms with van der Waals surface area (Å²) in [4.78, 5) is 8.34. The second-order valence-corrected chi connectivity index (χ2v) is 4.76. The van der Waals surface area contributed by atoms with E-state index in [1.807, 2.05) is 0 Å². The first-order valence-electron chi connectivity index (χ1n) is 6.40. The van der Waals surface area contributed by atoms with Crippen LogP contribution in [0.3, 0.4) is 0 Å². The van der Waals surface area contributed by atoms with Gasteiger partial charge in [-0.2, -0.15) is 13.2 Å². The van der Waals surface area contributed by atoms with Gasteiger partial charge < -0.3 is 10.1 Å². The van der Waals surface area contributed by atoms with Gasteiger partial charge >= 0.3 is 6.18 Å². The fourth-order valence-corrected chi connectivity index (χ4v) is 1.93. The summed E-state index contributed by atoms with van der Waals surface area (Å²) in [5, 5.41) is 3.12. The van der Waals surface area contributed by atoms with Gasteiger partial charge in [-0.1, -0.05) is 6.07 Å². The summed E-state index contributed by atoms with van der Waals surface area (Å²) in [5.74, 6) is 1.43. The van der Waals surface area contributed by atoms with Crippen molar-refractivity contribution in [2.45, 2.75) is 12.1 Å². The minimum atomic E-state index is -4.39. The monoisotopic (exact) mass is 295 g/mol. The molecule has 2 heterocycles. The maximum Gasteiger partial charge on any atom is 0.416 e. The maximum absolute atomic E-state index is 12.6. The van der Waals surface area contributed by atoms with Crippen molar-refractivity contribution in [2.24, 2.45) is 0 Å². The zero-order valence-corrected chi connectivity index (χ0v) is 10.9. The van der Waals surface area contributed by atoms with E-state index in [0.29, 0.717) is 17.5 Å². The first-order valence-corrected chi connectivity index (χ1v) is 6.40. The summed E-state index contributed by atoms with van der Waals surface area (Å²) in [7, 11) is 0. The van der Waals surface area contributed by atoms with Gasteiger partial charge in [-0.15, -0.1) is 0 Å². The van der Waals surface area contributed by atoms with Crippen LogP contribution in [0.2, 0.25) is 0 Å². The summed E-state index contributed by atoms with van der Waals surface area (Å²) in [6, 6.07) is 4.70. The molecule has 110 valence electrons. The van der Waals surface area contributed by atoms with Crippen LogP contribution in [0, 0.1) is 0 Å². The molecule has 7 heteroatoms. The minimum absolute atomic E-state index is 0.103. The van der Waals surface area contributed by atoms with E-state index in [-0.39, 0.29) is 5.75 Å². The van der Waals surface area contributed by atoms with Crippen LogP contribution in [0.15, 0.2) is 36.7 Å². The second-order valence-electron chi connectivity index (χ2n) is 4.76. The van der Waals surface area contributed by atoms with Crippen LogP contribution in [-0.4, -0.2) is 23.1 Å². The van der Waals surface area contributed by atoms with Gasteiger partial charge in [0.25, 0.3) is 0 Å². The lowest BCUT2D eigenvalue weighted by Gasteiger charge is -2.25. The van der Waals surface area contributed by atoms with Gasteiger partial charge in [-0.25, -0.2) is 9.97 Å². The molecule has 0 saturated carbocycles. The van der Waals surface area contributed by atoms with E-state index in [2.05, 4.69) is 15.3 Å². The first kappa shape index (κ1) is 13.8. The highest BCUT2D eigenvalue weighted by Crippen LogP contribution is 2.32. The summed E-state index contributed by atoms with van der Waals surface area (Å²) >= 11 is 0. The number of alkyl halides is 3. The molecule has 0 unspecified atom stereocenters. The Morgan fingerprint density at radius 3 is 2.38 bits per heavy atom. The van der Waals surface area contributed by atoms with Gasteiger partial charge in [0.05, 0.1) is 18.0 Å². The quantitative estimate of drug-likeness (QED) is 0.945. The lowest BCUT2D eigenvalue weighted by molar-refractivity contribution is -0.137. The number of benzene rings is 1. The summed E-state index contributed by atoms with van der Waals surface area (Å²) in [5.41, 5.74) is -0.752. The summed E-state index contributed by atoms with van der Waals surface area (Å²) in [6.07, 6.45) is -1.45. The van der Waals surface area contributed by atoms with Gasteiger partial charge in [-0.05, 0) is 18.2 Å². The molecule has 0 spiro atoms. The topological polar surface area (TPSA) is 47.0 Å². The van der Waals surface area contributed by atoms with Crippen LogP contribution in [-0.2, 0) is 6.18 Å². The van der Waals surface area contributed by atoms with E-state index >= 15 is 0 Å². The molecule has 0 bridgehead atoms. The normalized spacial score (nSPS) is 15.6. The lowest BCUT2D eigenvalue weighted by Crippen LogP contribution is -2.40. The fourth-order valence-electron chi connectivity index (χ4n) is 1.93. The van der Waals surface area contributed by atoms with Crippen LogP contribution in [0.25, 0.3) is 0 Å². The van der Waals surface area contributed by atoms with E-state index in [1.165, 1.54) is 24.5 Å². The second kappa shape index (κ2) is 5.33. The number of halogens is 3. The number of ether oxygens (including phenoxy) is 1. The number of hydrogen-bond donors (Lipinski definition) is 1. The summed E-state index contributed by atoms with van der Waals surface area (Å²) < 4.78 is 43.2. The predicted molar refractivity (Wildman–Crippen MR) is 69.2 cm³/mol. The molecule has 2 aromatic rings. The number of nitrogens with zero attached hydrogens (tertiary/aromatic N) is 2. The number of nitrogens with one attached hydrogen (secondary N) is 1. The van der Waals surface area contributed by atoms with Crippen LogP contribution in [0.1, 0.15) is 17.3 Å². The van der Waals surface area contributed by atoms with Crippen molar-refractivity contribution in [3.05, 3.63) is 48.0 Å². The molecular formula is C14H12F3N3O. The van der Waals surface area contributed by atoms with E-state index < -0.39 is 11.7 Å². The average molecular weight is 295 g/mol. The van der Waals surface area contributed by atoms with E-state index in [4.69, 9.17) is 4.74 Å². The van der Waals surface area contributed by atoms with Crippen LogP contribution >= 0.6 is 0 Å². The molecule has 4 nitrogen and oxygen atoms in total. The number of hydrogen-bond acceptors (Lipinski definition) is 4. The van der Waals surface area contributed by atoms with Crippen LogP contribution < -0.4 is 10.1 Å². The van der Waals surface area contributed by atoms with Crippen LogP contribution in [0.4, 0.5) is 13.2 Å². The molecule has 1 aliphatic heterocycles. The third-order valence-electron chi connectivity index (χ3n) is 3.19. The van der Waals surface area contributed by atoms with Gasteiger partial charge in [0.15, 0.2) is 5.75 Å². The van der Waals surface area contributed by atoms with Gasteiger partial charge in [0, 0.05) is 19.0 Å². The molecule has 0 aliphatic carbocycles. The molecular weight excluding hydrogens is 283 g/mol. The summed E-state index contributed by atoms with van der Waals surface area (Å²) in [6.45, 7) is 1.68. The van der Waals surface area contributed by atoms with Gasteiger partial charge in [0.1, 0.15) is 11.6 Å². The predicted octanol–water partition coefficient (Wildman–Crippen LogP) is 2.97. The Balaban J connectivity index is 1.74. The molecule has 3 rings (SSSR count). The molecule has 1 aromatic carbocycles. The standard InChI is InChI=1S/C14H12F3N3O/c15-14(16,17)10-2-1-3-11(4-10)21-12-7-19-13(20-8-12)9-5-18-6-9/h1-4,7-9,18H,5-6H2. The van der Waals surface area contributed by atoms with Crippen molar-refractivity contribution in [2.75, 3.05) is 13.1 Å². The van der Waals surface area contributed by atoms with E-state index in [1.54, 1.807) is 0 Å². The molecule has 0 atom stereocenters. The zero-order chi connectivity index (χ0) is 14.9. The third kappa shape index (κ3) is 3.13. The maximum atomic E-state index is 12.6. The smallest absolute Gasteiger partial charge is 0.416 e. The Morgan fingerprint density at radius 2 is 1.81 bits per heavy atom. The van der Waals surface area contributed by atoms with Crippen LogP contribution in [0.5, 0.6) is 11.5 Å². The number of aromatic nitrogens is 2. The largest absolute Gasteiger partial charge is 0.454 e. The van der Waals surface area contributed by atoms with Crippen molar-refractivity contribution in [1.82, 2.24) is 15.3 Å².